The molecule has 622 valence electrons. The summed E-state index contributed by atoms with van der Waals surface area (Å²) in [7, 11) is 6.25. The average molecular weight is 1680 g/mol. The molecule has 0 aliphatic carbocycles. The Morgan fingerprint density at radius 2 is 0.983 bits per heavy atom. The van der Waals surface area contributed by atoms with Gasteiger partial charge in [0.25, 0.3) is 17.0 Å². The number of hydrogen-bond acceptors (Lipinski definition) is 28. The number of nitrogens with one attached hydrogen (secondary N) is 2. The first-order chi connectivity index (χ1) is 59.0. The molecule has 4 heterocycles. The van der Waals surface area contributed by atoms with Crippen molar-refractivity contribution in [3.8, 4) is 34.5 Å². The second-order valence-corrected chi connectivity index (χ2v) is 29.6. The highest BCUT2D eigenvalue weighted by atomic mass is 32.2. The smallest absolute Gasteiger partial charge is 0.356 e. The molecule has 30 heteroatoms. The maximum absolute atomic E-state index is 16.0. The number of amides is 2. The number of aromatic nitrogens is 3. The van der Waals surface area contributed by atoms with Crippen LogP contribution in [0.5, 0.6) is 23.0 Å². The number of nitrogens with zero attached hydrogens (tertiary/aromatic N) is 5. The molecule has 1 saturated heterocycles. The van der Waals surface area contributed by atoms with Gasteiger partial charge in [0.2, 0.25) is 12.0 Å². The highest BCUT2D eigenvalue weighted by Crippen LogP contribution is 2.46. The molecule has 1 fully saturated rings. The van der Waals surface area contributed by atoms with Crippen LogP contribution in [-0.2, 0) is 76.9 Å². The molecule has 2 N–H and O–H groups in total. The van der Waals surface area contributed by atoms with Gasteiger partial charge in [-0.2, -0.15) is 0 Å². The molecule has 0 saturated carbocycles. The first-order valence-electron chi connectivity index (χ1n) is 38.3. The van der Waals surface area contributed by atoms with Crippen molar-refractivity contribution in [3.63, 3.8) is 0 Å². The molecule has 0 radical (unpaired) electrons. The van der Waals surface area contributed by atoms with Gasteiger partial charge in [-0.15, -0.1) is 33.3 Å². The monoisotopic (exact) mass is 1680 g/mol. The largest absolute Gasteiger partial charge is 0.464 e. The molecule has 27 nitrogen and oxygen atoms in total. The maximum Gasteiger partial charge on any atom is 0.356 e. The number of ether oxygens (including phenoxy) is 14. The first-order valence-corrected chi connectivity index (χ1v) is 41.2. The number of thiazole rings is 1. The number of esters is 2. The van der Waals surface area contributed by atoms with Crippen molar-refractivity contribution in [2.75, 3.05) is 125 Å². The second-order valence-electron chi connectivity index (χ2n) is 26.7. The zero-order valence-electron chi connectivity index (χ0n) is 66.2. The Morgan fingerprint density at radius 1 is 0.533 bits per heavy atom. The summed E-state index contributed by atoms with van der Waals surface area (Å²) in [6.45, 7) is 1.61. The second kappa shape index (κ2) is 44.3. The van der Waals surface area contributed by atoms with Crippen molar-refractivity contribution in [2.45, 2.75) is 40.5 Å². The fraction of sp³-hybridized carbons (Fsp3) is 0.267. The molecular formula is C90H89N7O20S3. The minimum absolute atomic E-state index is 0.0285. The SMILES string of the molecule is COCCOCOc1ccc(-c2nnc(SCC3=C(C(=O)OC(c4ccccc4)c4ccccc4)N4C(=O)[C@@H](NC(=O)C(=NOC(C(=O)OC(c5ccccc5)c5ccccc5)c5ccc(OCOCCOC)c(OCOCCOC)c5)c5csc(NC(c6ccccc6)(c6ccccc6)c6ccccc6)n5)[C@H]4SC3)o2)cc1OCOCCOC. The predicted molar refractivity (Wildman–Crippen MR) is 449 cm³/mol. The Labute approximate surface area is 706 Å². The molecular weight excluding hydrogens is 1600 g/mol. The van der Waals surface area contributed by atoms with Crippen LogP contribution in [0.3, 0.4) is 0 Å². The number of fused-ring (bicyclic) bond motifs is 1. The summed E-state index contributed by atoms with van der Waals surface area (Å²) in [5, 5.41) is 21.4. The van der Waals surface area contributed by atoms with E-state index in [9.17, 15) is 0 Å². The number of anilines is 1. The van der Waals surface area contributed by atoms with Crippen molar-refractivity contribution in [1.29, 1.82) is 0 Å². The third kappa shape index (κ3) is 22.2. The van der Waals surface area contributed by atoms with E-state index in [1.165, 1.54) is 34.1 Å². The highest BCUT2D eigenvalue weighted by Gasteiger charge is 2.55. The minimum atomic E-state index is -1.79. The summed E-state index contributed by atoms with van der Waals surface area (Å²) in [6, 6.07) is 74.9. The third-order valence-electron chi connectivity index (χ3n) is 18.9. The van der Waals surface area contributed by atoms with Crippen molar-refractivity contribution < 1.29 is 94.7 Å². The molecule has 3 atom stereocenters. The van der Waals surface area contributed by atoms with Gasteiger partial charge in [0, 0.05) is 56.5 Å². The van der Waals surface area contributed by atoms with Crippen molar-refractivity contribution in [2.24, 2.45) is 5.16 Å². The van der Waals surface area contributed by atoms with Gasteiger partial charge in [-0.3, -0.25) is 14.5 Å². The van der Waals surface area contributed by atoms with E-state index in [1.807, 2.05) is 212 Å². The Balaban J connectivity index is 0.867. The summed E-state index contributed by atoms with van der Waals surface area (Å²) in [5.41, 5.74) is 4.66. The van der Waals surface area contributed by atoms with Crippen molar-refractivity contribution >= 4 is 69.5 Å². The molecule has 1 unspecified atom stereocenters. The van der Waals surface area contributed by atoms with Gasteiger partial charge < -0.3 is 86.2 Å². The van der Waals surface area contributed by atoms with Gasteiger partial charge in [-0.05, 0) is 74.8 Å². The van der Waals surface area contributed by atoms with Gasteiger partial charge in [-0.25, -0.2) is 14.6 Å². The molecule has 0 bridgehead atoms. The van der Waals surface area contributed by atoms with Crippen LogP contribution in [0.25, 0.3) is 11.5 Å². The van der Waals surface area contributed by atoms with Crippen molar-refractivity contribution in [1.82, 2.24) is 25.4 Å². The Morgan fingerprint density at radius 3 is 1.47 bits per heavy atom. The van der Waals surface area contributed by atoms with E-state index in [4.69, 9.17) is 80.6 Å². The lowest BCUT2D eigenvalue weighted by Gasteiger charge is -2.49. The number of thioether (sulfide) groups is 2. The van der Waals surface area contributed by atoms with Crippen LogP contribution in [-0.4, -0.2) is 181 Å². The summed E-state index contributed by atoms with van der Waals surface area (Å²) in [6.07, 6.45) is -3.72. The number of β-lactam (4-membered cyclic amide) rings is 1. The summed E-state index contributed by atoms with van der Waals surface area (Å²) < 4.78 is 86.9. The Kier molecular flexibility index (Phi) is 31.8. The molecule has 11 aromatic rings. The molecule has 0 spiro atoms. The highest BCUT2D eigenvalue weighted by molar-refractivity contribution is 8.01. The standard InChI is InChI=1S/C90H89N7O20S3/c1-102-44-48-106-57-110-72-42-40-65(52-74(72)112-59-108-50-46-104-3)81(87(101)115-80(63-30-16-7-17-31-63)64-32-18-8-19-33-64)117-96-76(71-56-119-88(91-71)93-90(68-34-20-9-21-35-68,69-36-22-10-23-37-69)70-38-24-11-25-39-70)82(98)92-77-84(99)97-78(86(100)114-79(61-26-12-5-13-27-61)62-28-14-6-15-29-62)67(54-118-85(77)97)55-120-89-95-94-83(116-89)66-41-43-73(111-58-107-49-45-103-2)75(53-66)113-60-109-51-47-105-4/h5-43,52-53,56,77,79-81,85H,44-51,54-55,57-60H2,1-4H3,(H,91,93)(H,92,98)/t77-,81?,85-/m1/s1. The summed E-state index contributed by atoms with van der Waals surface area (Å²) in [5.74, 6) is -2.08. The summed E-state index contributed by atoms with van der Waals surface area (Å²) in [4.78, 5) is 75.9. The molecule has 120 heavy (non-hydrogen) atoms. The van der Waals surface area contributed by atoms with E-state index in [0.717, 1.165) is 28.5 Å². The van der Waals surface area contributed by atoms with E-state index < -0.39 is 64.7 Å². The minimum Gasteiger partial charge on any atom is -0.464 e. The number of carbonyl (C=O) groups is 4. The van der Waals surface area contributed by atoms with Gasteiger partial charge >= 0.3 is 11.9 Å². The van der Waals surface area contributed by atoms with E-state index in [2.05, 4.69) is 26.0 Å². The molecule has 2 amide bonds. The lowest BCUT2D eigenvalue weighted by Crippen LogP contribution is -2.71. The number of methoxy groups -OCH3 is 4. The van der Waals surface area contributed by atoms with Crippen LogP contribution in [0.15, 0.2) is 280 Å². The molecule has 2 aliphatic heterocycles. The van der Waals surface area contributed by atoms with Gasteiger partial charge in [0.1, 0.15) is 28.3 Å². The van der Waals surface area contributed by atoms with Crippen LogP contribution in [0.4, 0.5) is 5.13 Å². The topological polar surface area (TPSA) is 298 Å². The van der Waals surface area contributed by atoms with Crippen LogP contribution in [0.1, 0.15) is 68.5 Å². The fourth-order valence-corrected chi connectivity index (χ4v) is 16.0. The predicted octanol–water partition coefficient (Wildman–Crippen LogP) is 14.2. The molecule has 2 aliphatic rings. The summed E-state index contributed by atoms with van der Waals surface area (Å²) >= 11 is 3.61. The van der Waals surface area contributed by atoms with Crippen LogP contribution >= 0.6 is 34.9 Å². The number of rotatable bonds is 47. The maximum atomic E-state index is 16.0. The van der Waals surface area contributed by atoms with Crippen LogP contribution < -0.4 is 29.6 Å². The van der Waals surface area contributed by atoms with E-state index >= 15 is 19.2 Å². The van der Waals surface area contributed by atoms with E-state index in [-0.39, 0.29) is 105 Å². The number of oxime groups is 1. The lowest BCUT2D eigenvalue weighted by atomic mass is 9.77. The average Bonchev–Trinajstić information content (AvgIpc) is 0.867. The number of carbonyl (C=O) groups excluding carboxylic acids is 4. The van der Waals surface area contributed by atoms with Crippen molar-refractivity contribution in [3.05, 3.63) is 316 Å². The van der Waals surface area contributed by atoms with E-state index in [1.54, 1.807) is 64.2 Å². The first kappa shape index (κ1) is 86.1. The Hall–Kier alpha value is -11.8. The fourth-order valence-electron chi connectivity index (χ4n) is 13.0. The molecule has 13 rings (SSSR count). The molecule has 9 aromatic carbocycles. The van der Waals surface area contributed by atoms with Gasteiger partial charge in [-0.1, -0.05) is 235 Å². The number of hydrogen-bond donors (Lipinski definition) is 2. The van der Waals surface area contributed by atoms with Gasteiger partial charge in [0.15, 0.2) is 73.2 Å². The lowest BCUT2D eigenvalue weighted by molar-refractivity contribution is -0.162. The quantitative estimate of drug-likeness (QED) is 0.00523. The third-order valence-corrected chi connectivity index (χ3v) is 21.9. The molecule has 2 aromatic heterocycles. The van der Waals surface area contributed by atoms with Crippen LogP contribution in [0, 0.1) is 0 Å². The zero-order chi connectivity index (χ0) is 83.1. The van der Waals surface area contributed by atoms with Gasteiger partial charge in [0.05, 0.1) is 52.9 Å². The number of benzene rings is 9. The zero-order valence-corrected chi connectivity index (χ0v) is 68.6. The van der Waals surface area contributed by atoms with Crippen LogP contribution in [0.2, 0.25) is 0 Å². The normalized spacial score (nSPS) is 14.2. The Bertz CT molecular complexity index is 4970. The van der Waals surface area contributed by atoms with E-state index in [0.29, 0.717) is 76.4 Å².